The van der Waals surface area contributed by atoms with Crippen molar-refractivity contribution >= 4 is 59.6 Å². The molecule has 3 aromatic rings. The molecule has 0 spiro atoms. The van der Waals surface area contributed by atoms with Gasteiger partial charge in [-0.3, -0.25) is 0 Å². The summed E-state index contributed by atoms with van der Waals surface area (Å²) in [5.41, 5.74) is 3.40. The Morgan fingerprint density at radius 2 is 0.825 bits per heavy atom. The Bertz CT molecular complexity index is 1210. The second kappa shape index (κ2) is 12.3. The highest BCUT2D eigenvalue weighted by Crippen LogP contribution is 2.46. The third kappa shape index (κ3) is 4.91. The summed E-state index contributed by atoms with van der Waals surface area (Å²) >= 11 is 4.34. The molecule has 0 nitrogen and oxygen atoms in total. The van der Waals surface area contributed by atoms with Crippen molar-refractivity contribution in [2.24, 2.45) is 0 Å². The zero-order valence-corrected chi connectivity index (χ0v) is 30.4. The van der Waals surface area contributed by atoms with Gasteiger partial charge >= 0.3 is 0 Å². The topological polar surface area (TPSA) is 0 Å². The van der Waals surface area contributed by atoms with Crippen molar-refractivity contribution in [3.63, 3.8) is 0 Å². The Kier molecular flexibility index (Phi) is 9.42. The fraction of sp³-hybridized carbons (Fsp3) is 0.611. The van der Waals surface area contributed by atoms with Crippen LogP contribution in [0.15, 0.2) is 24.3 Å². The lowest BCUT2D eigenvalue weighted by molar-refractivity contribution is 0.838. The van der Waals surface area contributed by atoms with Gasteiger partial charge in [0.2, 0.25) is 0 Å². The number of hydrogen-bond donors (Lipinski definition) is 0. The number of rotatable bonds is 14. The molecule has 0 saturated carbocycles. The predicted octanol–water partition coefficient (Wildman–Crippen LogP) is 10.3. The van der Waals surface area contributed by atoms with Crippen molar-refractivity contribution in [3.05, 3.63) is 34.0 Å². The minimum Gasteiger partial charge on any atom is -0.140 e. The van der Waals surface area contributed by atoms with Gasteiger partial charge in [0.1, 0.15) is 16.1 Å². The molecule has 0 bridgehead atoms. The molecule has 2 aromatic heterocycles. The molecule has 4 heterocycles. The number of fused-ring (bicyclic) bond motifs is 6. The molecule has 0 N–H and O–H groups in total. The van der Waals surface area contributed by atoms with Crippen LogP contribution in [0.5, 0.6) is 0 Å². The number of hydrogen-bond acceptors (Lipinski definition) is 2. The molecular weight excluding hydrogens is 553 g/mol. The van der Waals surface area contributed by atoms with E-state index in [1.807, 2.05) is 20.7 Å². The summed E-state index contributed by atoms with van der Waals surface area (Å²) in [7, 11) is -3.57. The zero-order valence-electron chi connectivity index (χ0n) is 26.8. The lowest BCUT2D eigenvalue weighted by Crippen LogP contribution is -2.56. The third-order valence-electron chi connectivity index (χ3n) is 10.2. The molecule has 0 atom stereocenters. The van der Waals surface area contributed by atoms with Gasteiger partial charge in [0.25, 0.3) is 0 Å². The summed E-state index contributed by atoms with van der Waals surface area (Å²) in [5.74, 6) is 1.25. The van der Waals surface area contributed by atoms with Crippen molar-refractivity contribution in [1.29, 1.82) is 0 Å². The van der Waals surface area contributed by atoms with Crippen molar-refractivity contribution in [2.75, 3.05) is 0 Å². The minimum absolute atomic E-state index is 0.626. The summed E-state index contributed by atoms with van der Waals surface area (Å²) in [6.07, 6.45) is 10.8. The first-order valence-corrected chi connectivity index (χ1v) is 23.2. The fourth-order valence-corrected chi connectivity index (χ4v) is 23.2. The van der Waals surface area contributed by atoms with Crippen LogP contribution in [0.1, 0.15) is 128 Å². The van der Waals surface area contributed by atoms with Crippen molar-refractivity contribution in [1.82, 2.24) is 0 Å². The van der Waals surface area contributed by atoms with E-state index in [2.05, 4.69) is 102 Å². The first-order chi connectivity index (χ1) is 19.3. The Morgan fingerprint density at radius 1 is 0.500 bits per heavy atom. The van der Waals surface area contributed by atoms with Gasteiger partial charge in [-0.05, 0) is 80.0 Å². The highest BCUT2D eigenvalue weighted by Gasteiger charge is 2.51. The maximum absolute atomic E-state index is 2.86. The van der Waals surface area contributed by atoms with Gasteiger partial charge in [0, 0.05) is 19.5 Å². The van der Waals surface area contributed by atoms with E-state index in [-0.39, 0.29) is 0 Å². The van der Waals surface area contributed by atoms with Crippen molar-refractivity contribution < 1.29 is 0 Å². The van der Waals surface area contributed by atoms with Gasteiger partial charge in [-0.25, -0.2) is 0 Å². The van der Waals surface area contributed by atoms with E-state index < -0.39 is 16.1 Å². The highest BCUT2D eigenvalue weighted by atomic mass is 32.1. The second-order valence-electron chi connectivity index (χ2n) is 13.6. The monoisotopic (exact) mass is 606 g/mol. The third-order valence-corrected chi connectivity index (χ3v) is 24.0. The Hall–Kier alpha value is -0.946. The summed E-state index contributed by atoms with van der Waals surface area (Å²) < 4.78 is 0. The first-order valence-electron chi connectivity index (χ1n) is 16.8. The van der Waals surface area contributed by atoms with Crippen LogP contribution in [0, 0.1) is 0 Å². The maximum Gasteiger partial charge on any atom is 0.120 e. The van der Waals surface area contributed by atoms with E-state index >= 15 is 0 Å². The maximum atomic E-state index is 2.86. The van der Waals surface area contributed by atoms with Crippen LogP contribution in [-0.4, -0.2) is 16.1 Å². The number of thiophene rings is 2. The molecule has 4 heteroatoms. The van der Waals surface area contributed by atoms with Gasteiger partial charge in [-0.15, -0.1) is 22.7 Å². The Balaban J connectivity index is 1.80. The van der Waals surface area contributed by atoms with Gasteiger partial charge < -0.3 is 0 Å². The molecule has 0 amide bonds. The van der Waals surface area contributed by atoms with E-state index in [9.17, 15) is 0 Å². The van der Waals surface area contributed by atoms with Crippen LogP contribution in [0.4, 0.5) is 0 Å². The summed E-state index contributed by atoms with van der Waals surface area (Å²) in [4.78, 5) is 6.66. The lowest BCUT2D eigenvalue weighted by atomic mass is 10.1. The highest BCUT2D eigenvalue weighted by molar-refractivity contribution is 7.23. The molecule has 2 aliphatic rings. The van der Waals surface area contributed by atoms with Crippen LogP contribution in [0.2, 0.25) is 24.2 Å². The quantitative estimate of drug-likeness (QED) is 0.160. The summed E-state index contributed by atoms with van der Waals surface area (Å²) in [5, 5.41) is 7.35. The zero-order chi connectivity index (χ0) is 28.7. The van der Waals surface area contributed by atoms with E-state index in [0.29, 0.717) is 11.8 Å². The largest absolute Gasteiger partial charge is 0.140 e. The van der Waals surface area contributed by atoms with Crippen LogP contribution in [0.25, 0.3) is 20.9 Å². The normalized spacial score (nSPS) is 16.1. The van der Waals surface area contributed by atoms with Crippen molar-refractivity contribution in [3.8, 4) is 20.9 Å². The van der Waals surface area contributed by atoms with E-state index in [1.165, 1.54) is 75.5 Å². The summed E-state index contributed by atoms with van der Waals surface area (Å²) in [6, 6.07) is 16.9. The smallest absolute Gasteiger partial charge is 0.120 e. The Labute approximate surface area is 256 Å². The Morgan fingerprint density at radius 3 is 1.10 bits per heavy atom. The van der Waals surface area contributed by atoms with E-state index in [0.717, 1.165) is 0 Å². The van der Waals surface area contributed by atoms with Crippen LogP contribution >= 0.6 is 22.7 Å². The minimum atomic E-state index is -1.79. The standard InChI is InChI=1S/C36H54S2Si2/c1-9-13-17-39(18-14-10-2)31-21-28-32(22-27(31)35-33(39)23-29(37-35)25(5)6)40(19-15-11-3,20-16-12-4)34-24-30(26(7)8)38-36(28)34/h21-26H,9-20H2,1-8H3. The van der Waals surface area contributed by atoms with Crippen LogP contribution in [0.3, 0.4) is 0 Å². The SMILES string of the molecule is CCCC[Si]1(CCCC)c2cc3c(cc2-c2sc(C(C)C)cc21)[Si](CCCC)(CCCC)c1cc(C(C)C)sc1-3. The molecule has 0 saturated heterocycles. The molecule has 0 fully saturated rings. The molecule has 0 unspecified atom stereocenters. The molecule has 0 aliphatic carbocycles. The molecular formula is C36H54S2Si2. The first kappa shape index (κ1) is 30.5. The van der Waals surface area contributed by atoms with Crippen LogP contribution < -0.4 is 20.7 Å². The van der Waals surface area contributed by atoms with Gasteiger partial charge in [-0.1, -0.05) is 119 Å². The van der Waals surface area contributed by atoms with E-state index in [1.54, 1.807) is 30.6 Å². The molecule has 2 aliphatic heterocycles. The average Bonchev–Trinajstić information content (AvgIpc) is 3.68. The van der Waals surface area contributed by atoms with Gasteiger partial charge in [0.15, 0.2) is 0 Å². The molecule has 0 radical (unpaired) electrons. The average molecular weight is 607 g/mol. The lowest BCUT2D eigenvalue weighted by Gasteiger charge is -2.32. The second-order valence-corrected chi connectivity index (χ2v) is 24.3. The van der Waals surface area contributed by atoms with Gasteiger partial charge in [-0.2, -0.15) is 0 Å². The number of benzene rings is 1. The molecule has 1 aromatic carbocycles. The van der Waals surface area contributed by atoms with Gasteiger partial charge in [0.05, 0.1) is 0 Å². The predicted molar refractivity (Wildman–Crippen MR) is 190 cm³/mol. The molecule has 5 rings (SSSR count). The van der Waals surface area contributed by atoms with E-state index in [4.69, 9.17) is 0 Å². The summed E-state index contributed by atoms with van der Waals surface area (Å²) in [6.45, 7) is 19.2. The number of unbranched alkanes of at least 4 members (excludes halogenated alkanes) is 4. The fourth-order valence-electron chi connectivity index (χ4n) is 7.80. The molecule has 218 valence electrons. The van der Waals surface area contributed by atoms with Crippen LogP contribution in [-0.2, 0) is 0 Å². The molecule has 40 heavy (non-hydrogen) atoms. The van der Waals surface area contributed by atoms with Crippen molar-refractivity contribution in [2.45, 2.75) is 143 Å².